The van der Waals surface area contributed by atoms with Crippen LogP contribution in [0.4, 0.5) is 5.88 Å². The quantitative estimate of drug-likeness (QED) is 0.771. The number of nitrogens with two attached hydrogens (primary N) is 1. The molecule has 0 aliphatic heterocycles. The van der Waals surface area contributed by atoms with Gasteiger partial charge in [-0.2, -0.15) is 0 Å². The number of phenolic OH excluding ortho intramolecular Hbond substituents is 1. The van der Waals surface area contributed by atoms with Crippen molar-refractivity contribution in [2.75, 3.05) is 5.73 Å². The van der Waals surface area contributed by atoms with E-state index in [1.165, 1.54) is 0 Å². The third-order valence-corrected chi connectivity index (χ3v) is 2.94. The van der Waals surface area contributed by atoms with Gasteiger partial charge in [0.25, 0.3) is 0 Å². The molecule has 84 valence electrons. The number of anilines is 1. The zero-order valence-electron chi connectivity index (χ0n) is 9.53. The molecule has 1 aromatic carbocycles. The van der Waals surface area contributed by atoms with Crippen LogP contribution >= 0.6 is 0 Å². The van der Waals surface area contributed by atoms with Gasteiger partial charge in [0.15, 0.2) is 0 Å². The summed E-state index contributed by atoms with van der Waals surface area (Å²) >= 11 is 0. The molecule has 0 fully saturated rings. The first-order chi connectivity index (χ1) is 7.52. The third-order valence-electron chi connectivity index (χ3n) is 2.94. The van der Waals surface area contributed by atoms with Gasteiger partial charge >= 0.3 is 0 Å². The molecule has 0 aliphatic carbocycles. The summed E-state index contributed by atoms with van der Waals surface area (Å²) < 4.78 is 4.85. The van der Waals surface area contributed by atoms with Gasteiger partial charge in [-0.15, -0.1) is 0 Å². The van der Waals surface area contributed by atoms with E-state index < -0.39 is 0 Å². The van der Waals surface area contributed by atoms with Crippen LogP contribution in [-0.4, -0.2) is 10.3 Å². The fraction of sp³-hybridized carbons (Fsp3) is 0.250. The SMILES string of the molecule is Cc1cc(-c2cnoc2N)c(C)c(C)c1O. The Bertz CT molecular complexity index is 544. The van der Waals surface area contributed by atoms with Crippen LogP contribution in [-0.2, 0) is 0 Å². The normalized spacial score (nSPS) is 10.7. The van der Waals surface area contributed by atoms with E-state index in [0.717, 1.165) is 27.8 Å². The van der Waals surface area contributed by atoms with E-state index in [9.17, 15) is 5.11 Å². The van der Waals surface area contributed by atoms with Crippen molar-refractivity contribution in [3.8, 4) is 16.9 Å². The second-order valence-electron chi connectivity index (χ2n) is 3.94. The second kappa shape index (κ2) is 3.56. The Hall–Kier alpha value is -1.97. The fourth-order valence-corrected chi connectivity index (χ4v) is 1.80. The van der Waals surface area contributed by atoms with E-state index in [1.54, 1.807) is 6.20 Å². The van der Waals surface area contributed by atoms with Gasteiger partial charge in [-0.3, -0.25) is 0 Å². The molecule has 0 spiro atoms. The van der Waals surface area contributed by atoms with E-state index in [0.29, 0.717) is 11.6 Å². The standard InChI is InChI=1S/C12H14N2O2/c1-6-4-9(7(2)8(3)11(6)15)10-5-14-16-12(10)13/h4-5,15H,13H2,1-3H3. The summed E-state index contributed by atoms with van der Waals surface area (Å²) in [7, 11) is 0. The monoisotopic (exact) mass is 218 g/mol. The average molecular weight is 218 g/mol. The number of nitrogens with zero attached hydrogens (tertiary/aromatic N) is 1. The molecule has 1 aromatic heterocycles. The maximum absolute atomic E-state index is 9.81. The Morgan fingerprint density at radius 1 is 1.19 bits per heavy atom. The summed E-state index contributed by atoms with van der Waals surface area (Å²) in [6, 6.07) is 1.89. The molecule has 0 bridgehead atoms. The minimum atomic E-state index is 0.299. The lowest BCUT2D eigenvalue weighted by atomic mass is 9.95. The van der Waals surface area contributed by atoms with E-state index in [-0.39, 0.29) is 0 Å². The molecule has 4 heteroatoms. The first kappa shape index (κ1) is 10.5. The van der Waals surface area contributed by atoms with Gasteiger partial charge in [0.05, 0.1) is 11.8 Å². The highest BCUT2D eigenvalue weighted by Crippen LogP contribution is 2.35. The van der Waals surface area contributed by atoms with E-state index >= 15 is 0 Å². The molecule has 16 heavy (non-hydrogen) atoms. The van der Waals surface area contributed by atoms with Crippen LogP contribution in [0.15, 0.2) is 16.8 Å². The van der Waals surface area contributed by atoms with Crippen molar-refractivity contribution in [2.45, 2.75) is 20.8 Å². The number of benzene rings is 1. The number of phenols is 1. The van der Waals surface area contributed by atoms with E-state index in [4.69, 9.17) is 10.3 Å². The Kier molecular flexibility index (Phi) is 2.34. The molecule has 0 atom stereocenters. The summed E-state index contributed by atoms with van der Waals surface area (Å²) in [6.45, 7) is 5.68. The molecule has 2 aromatic rings. The lowest BCUT2D eigenvalue weighted by Crippen LogP contribution is -1.92. The van der Waals surface area contributed by atoms with Crippen molar-refractivity contribution in [1.82, 2.24) is 5.16 Å². The summed E-state index contributed by atoms with van der Waals surface area (Å²) in [5, 5.41) is 13.5. The highest BCUT2D eigenvalue weighted by Gasteiger charge is 2.14. The first-order valence-corrected chi connectivity index (χ1v) is 5.02. The van der Waals surface area contributed by atoms with Gasteiger partial charge in [-0.05, 0) is 49.1 Å². The van der Waals surface area contributed by atoms with Crippen LogP contribution in [0.2, 0.25) is 0 Å². The molecule has 0 unspecified atom stereocenters. The summed E-state index contributed by atoms with van der Waals surface area (Å²) in [5.74, 6) is 0.629. The summed E-state index contributed by atoms with van der Waals surface area (Å²) in [6.07, 6.45) is 1.59. The summed E-state index contributed by atoms with van der Waals surface area (Å²) in [4.78, 5) is 0. The van der Waals surface area contributed by atoms with Crippen molar-refractivity contribution in [1.29, 1.82) is 0 Å². The topological polar surface area (TPSA) is 72.3 Å². The number of rotatable bonds is 1. The zero-order chi connectivity index (χ0) is 11.9. The summed E-state index contributed by atoms with van der Waals surface area (Å²) in [5.41, 5.74) is 10.1. The highest BCUT2D eigenvalue weighted by molar-refractivity contribution is 5.77. The van der Waals surface area contributed by atoms with Crippen LogP contribution in [0.25, 0.3) is 11.1 Å². The Labute approximate surface area is 93.7 Å². The second-order valence-corrected chi connectivity index (χ2v) is 3.94. The number of aromatic nitrogens is 1. The van der Waals surface area contributed by atoms with Gasteiger partial charge in [-0.1, -0.05) is 5.16 Å². The molecular formula is C12H14N2O2. The Balaban J connectivity index is 2.72. The predicted molar refractivity (Wildman–Crippen MR) is 62.2 cm³/mol. The van der Waals surface area contributed by atoms with Crippen LogP contribution in [0.1, 0.15) is 16.7 Å². The van der Waals surface area contributed by atoms with E-state index in [1.807, 2.05) is 26.8 Å². The highest BCUT2D eigenvalue weighted by atomic mass is 16.5. The fourth-order valence-electron chi connectivity index (χ4n) is 1.80. The van der Waals surface area contributed by atoms with Gasteiger partial charge in [0.1, 0.15) is 5.75 Å². The van der Waals surface area contributed by atoms with Gasteiger partial charge in [0, 0.05) is 0 Å². The molecule has 1 heterocycles. The minimum absolute atomic E-state index is 0.299. The number of nitrogen functional groups attached to an aromatic ring is 1. The van der Waals surface area contributed by atoms with E-state index in [2.05, 4.69) is 5.16 Å². The maximum atomic E-state index is 9.81. The van der Waals surface area contributed by atoms with Gasteiger partial charge < -0.3 is 15.4 Å². The number of hydrogen-bond donors (Lipinski definition) is 2. The molecule has 2 rings (SSSR count). The van der Waals surface area contributed by atoms with Crippen LogP contribution in [0, 0.1) is 20.8 Å². The predicted octanol–water partition coefficient (Wildman–Crippen LogP) is 2.55. The molecular weight excluding hydrogens is 204 g/mol. The zero-order valence-corrected chi connectivity index (χ0v) is 9.53. The van der Waals surface area contributed by atoms with Crippen molar-refractivity contribution in [3.63, 3.8) is 0 Å². The maximum Gasteiger partial charge on any atom is 0.229 e. The van der Waals surface area contributed by atoms with Crippen molar-refractivity contribution >= 4 is 5.88 Å². The van der Waals surface area contributed by atoms with Crippen molar-refractivity contribution in [2.24, 2.45) is 0 Å². The lowest BCUT2D eigenvalue weighted by molar-refractivity contribution is 0.436. The van der Waals surface area contributed by atoms with Gasteiger partial charge in [0.2, 0.25) is 5.88 Å². The molecule has 0 amide bonds. The Morgan fingerprint density at radius 2 is 1.88 bits per heavy atom. The van der Waals surface area contributed by atoms with Crippen LogP contribution in [0.5, 0.6) is 5.75 Å². The largest absolute Gasteiger partial charge is 0.507 e. The number of hydrogen-bond acceptors (Lipinski definition) is 4. The Morgan fingerprint density at radius 3 is 2.44 bits per heavy atom. The molecule has 4 nitrogen and oxygen atoms in total. The van der Waals surface area contributed by atoms with Crippen LogP contribution in [0.3, 0.4) is 0 Å². The minimum Gasteiger partial charge on any atom is -0.507 e. The first-order valence-electron chi connectivity index (χ1n) is 5.02. The molecule has 0 saturated carbocycles. The van der Waals surface area contributed by atoms with Gasteiger partial charge in [-0.25, -0.2) is 0 Å². The molecule has 0 radical (unpaired) electrons. The molecule has 0 aliphatic rings. The average Bonchev–Trinajstić information content (AvgIpc) is 2.67. The van der Waals surface area contributed by atoms with Crippen molar-refractivity contribution < 1.29 is 9.63 Å². The van der Waals surface area contributed by atoms with Crippen molar-refractivity contribution in [3.05, 3.63) is 29.0 Å². The number of aryl methyl sites for hydroxylation is 1. The molecule has 0 saturated heterocycles. The molecule has 3 N–H and O–H groups in total. The lowest BCUT2D eigenvalue weighted by Gasteiger charge is -2.11. The third kappa shape index (κ3) is 1.43. The van der Waals surface area contributed by atoms with Crippen LogP contribution < -0.4 is 5.73 Å². The smallest absolute Gasteiger partial charge is 0.229 e. The number of aromatic hydroxyl groups is 1.